The predicted octanol–water partition coefficient (Wildman–Crippen LogP) is 2.46. The molecule has 0 heterocycles. The van der Waals surface area contributed by atoms with E-state index in [1.54, 1.807) is 0 Å². The Morgan fingerprint density at radius 1 is 1.33 bits per heavy atom. The molecule has 21 heavy (non-hydrogen) atoms. The van der Waals surface area contributed by atoms with Gasteiger partial charge in [0.25, 0.3) is 0 Å². The lowest BCUT2D eigenvalue weighted by molar-refractivity contribution is -0.137. The van der Waals surface area contributed by atoms with E-state index >= 15 is 0 Å². The van der Waals surface area contributed by atoms with Crippen molar-refractivity contribution in [1.82, 2.24) is 4.72 Å². The van der Waals surface area contributed by atoms with Crippen LogP contribution in [0.2, 0.25) is 0 Å². The molecule has 0 aliphatic heterocycles. The number of rotatable bonds is 7. The molecule has 0 amide bonds. The van der Waals surface area contributed by atoms with E-state index in [2.05, 4.69) is 4.72 Å². The van der Waals surface area contributed by atoms with Crippen LogP contribution in [0.15, 0.2) is 24.3 Å². The summed E-state index contributed by atoms with van der Waals surface area (Å²) in [6, 6.07) is 4.19. The van der Waals surface area contributed by atoms with Gasteiger partial charge in [-0.3, -0.25) is 0 Å². The topological polar surface area (TPSA) is 66.4 Å². The summed E-state index contributed by atoms with van der Waals surface area (Å²) in [5.41, 5.74) is -0.865. The molecule has 1 rings (SSSR count). The lowest BCUT2D eigenvalue weighted by Crippen LogP contribution is -2.30. The largest absolute Gasteiger partial charge is 0.416 e. The van der Waals surface area contributed by atoms with Crippen molar-refractivity contribution in [3.05, 3.63) is 35.4 Å². The summed E-state index contributed by atoms with van der Waals surface area (Å²) < 4.78 is 62.9. The monoisotopic (exact) mass is 325 g/mol. The van der Waals surface area contributed by atoms with Gasteiger partial charge < -0.3 is 5.11 Å². The third kappa shape index (κ3) is 6.03. The second kappa shape index (κ2) is 7.24. The van der Waals surface area contributed by atoms with Crippen LogP contribution in [0.3, 0.4) is 0 Å². The molecule has 0 bridgehead atoms. The molecule has 0 unspecified atom stereocenters. The van der Waals surface area contributed by atoms with Crippen molar-refractivity contribution in [2.45, 2.75) is 32.0 Å². The Bertz CT molecular complexity index is 558. The van der Waals surface area contributed by atoms with Gasteiger partial charge in [0, 0.05) is 6.54 Å². The fourth-order valence-electron chi connectivity index (χ4n) is 1.65. The van der Waals surface area contributed by atoms with Crippen LogP contribution in [-0.4, -0.2) is 25.8 Å². The number of alkyl halides is 3. The number of benzene rings is 1. The molecule has 2 N–H and O–H groups in total. The summed E-state index contributed by atoms with van der Waals surface area (Å²) in [4.78, 5) is 0. The van der Waals surface area contributed by atoms with Crippen molar-refractivity contribution in [3.63, 3.8) is 0 Å². The number of hydrogen-bond donors (Lipinski definition) is 2. The van der Waals surface area contributed by atoms with Crippen molar-refractivity contribution < 1.29 is 26.7 Å². The van der Waals surface area contributed by atoms with Gasteiger partial charge in [0.05, 0.1) is 17.4 Å². The number of hydrogen-bond acceptors (Lipinski definition) is 3. The van der Waals surface area contributed by atoms with E-state index < -0.39 is 27.9 Å². The minimum absolute atomic E-state index is 0.0167. The van der Waals surface area contributed by atoms with Gasteiger partial charge in [-0.15, -0.1) is 0 Å². The molecule has 0 aromatic heterocycles. The first kappa shape index (κ1) is 17.9. The molecule has 0 aliphatic rings. The minimum Gasteiger partial charge on any atom is -0.387 e. The molecule has 1 aromatic rings. The van der Waals surface area contributed by atoms with Crippen molar-refractivity contribution in [1.29, 1.82) is 0 Å². The summed E-state index contributed by atoms with van der Waals surface area (Å²) in [6.07, 6.45) is -4.65. The Morgan fingerprint density at radius 3 is 2.57 bits per heavy atom. The van der Waals surface area contributed by atoms with E-state index in [1.807, 2.05) is 6.92 Å². The van der Waals surface area contributed by atoms with Crippen LogP contribution in [0.5, 0.6) is 0 Å². The van der Waals surface area contributed by atoms with Crippen LogP contribution in [0.4, 0.5) is 13.2 Å². The maximum Gasteiger partial charge on any atom is 0.416 e. The van der Waals surface area contributed by atoms with Crippen LogP contribution in [0, 0.1) is 0 Å². The standard InChI is InChI=1S/C13H18F3NO3S/c1-2-3-7-21(19,20)17-9-12(18)10-5-4-6-11(8-10)13(14,15)16/h4-6,8,12,17-18H,2-3,7,9H2,1H3/t12-/m0/s1. The Balaban J connectivity index is 2.70. The summed E-state index contributed by atoms with van der Waals surface area (Å²) in [5, 5.41) is 9.81. The Labute approximate surface area is 122 Å². The number of sulfonamides is 1. The molecular weight excluding hydrogens is 307 g/mol. The zero-order valence-corrected chi connectivity index (χ0v) is 12.3. The molecule has 4 nitrogen and oxygen atoms in total. The molecule has 0 saturated heterocycles. The normalized spacial score (nSPS) is 14.1. The number of aliphatic hydroxyl groups excluding tert-OH is 1. The maximum atomic E-state index is 12.6. The van der Waals surface area contributed by atoms with Gasteiger partial charge >= 0.3 is 6.18 Å². The Morgan fingerprint density at radius 2 is 2.00 bits per heavy atom. The minimum atomic E-state index is -4.50. The quantitative estimate of drug-likeness (QED) is 0.809. The van der Waals surface area contributed by atoms with Crippen molar-refractivity contribution in [3.8, 4) is 0 Å². The highest BCUT2D eigenvalue weighted by Gasteiger charge is 2.30. The van der Waals surface area contributed by atoms with Crippen molar-refractivity contribution in [2.24, 2.45) is 0 Å². The van der Waals surface area contributed by atoms with E-state index in [1.165, 1.54) is 12.1 Å². The first-order valence-electron chi connectivity index (χ1n) is 6.48. The van der Waals surface area contributed by atoms with Crippen LogP contribution >= 0.6 is 0 Å². The second-order valence-corrected chi connectivity index (χ2v) is 6.59. The second-order valence-electron chi connectivity index (χ2n) is 4.66. The highest BCUT2D eigenvalue weighted by Crippen LogP contribution is 2.30. The van der Waals surface area contributed by atoms with Gasteiger partial charge in [0.2, 0.25) is 10.0 Å². The third-order valence-corrected chi connectivity index (χ3v) is 4.29. The molecule has 8 heteroatoms. The number of halogens is 3. The average Bonchev–Trinajstić information content (AvgIpc) is 2.42. The number of nitrogens with one attached hydrogen (secondary N) is 1. The molecule has 0 saturated carbocycles. The highest BCUT2D eigenvalue weighted by atomic mass is 32.2. The third-order valence-electron chi connectivity index (χ3n) is 2.86. The smallest absolute Gasteiger partial charge is 0.387 e. The van der Waals surface area contributed by atoms with Gasteiger partial charge in [-0.05, 0) is 24.1 Å². The fourth-order valence-corrected chi connectivity index (χ4v) is 2.88. The molecule has 0 radical (unpaired) electrons. The fraction of sp³-hybridized carbons (Fsp3) is 0.538. The molecule has 0 aliphatic carbocycles. The Hall–Kier alpha value is -1.12. The van der Waals surface area contributed by atoms with Gasteiger partial charge in [-0.25, -0.2) is 13.1 Å². The van der Waals surface area contributed by atoms with E-state index in [0.29, 0.717) is 12.8 Å². The molecule has 1 atom stereocenters. The summed E-state index contributed by atoms with van der Waals surface area (Å²) in [7, 11) is -3.52. The summed E-state index contributed by atoms with van der Waals surface area (Å²) in [6.45, 7) is 1.49. The summed E-state index contributed by atoms with van der Waals surface area (Å²) >= 11 is 0. The van der Waals surface area contributed by atoms with E-state index in [4.69, 9.17) is 0 Å². The number of unbranched alkanes of at least 4 members (excludes halogenated alkanes) is 1. The van der Waals surface area contributed by atoms with Gasteiger partial charge in [-0.1, -0.05) is 25.5 Å². The van der Waals surface area contributed by atoms with Gasteiger partial charge in [0.1, 0.15) is 0 Å². The predicted molar refractivity (Wildman–Crippen MR) is 73.1 cm³/mol. The zero-order valence-electron chi connectivity index (χ0n) is 11.5. The Kier molecular flexibility index (Phi) is 6.18. The highest BCUT2D eigenvalue weighted by molar-refractivity contribution is 7.89. The van der Waals surface area contributed by atoms with E-state index in [9.17, 15) is 26.7 Å². The summed E-state index contributed by atoms with van der Waals surface area (Å²) in [5.74, 6) is -0.0706. The van der Waals surface area contributed by atoms with Crippen LogP contribution < -0.4 is 4.72 Å². The molecule has 0 spiro atoms. The lowest BCUT2D eigenvalue weighted by Gasteiger charge is -2.14. The van der Waals surface area contributed by atoms with Crippen LogP contribution in [0.25, 0.3) is 0 Å². The van der Waals surface area contributed by atoms with E-state index in [0.717, 1.165) is 12.1 Å². The molecule has 0 fully saturated rings. The maximum absolute atomic E-state index is 12.6. The molecular formula is C13H18F3NO3S. The van der Waals surface area contributed by atoms with E-state index in [-0.39, 0.29) is 17.9 Å². The van der Waals surface area contributed by atoms with Crippen LogP contribution in [-0.2, 0) is 16.2 Å². The average molecular weight is 325 g/mol. The first-order valence-corrected chi connectivity index (χ1v) is 8.13. The van der Waals surface area contributed by atoms with Crippen molar-refractivity contribution in [2.75, 3.05) is 12.3 Å². The van der Waals surface area contributed by atoms with Crippen LogP contribution in [0.1, 0.15) is 37.0 Å². The van der Waals surface area contributed by atoms with Crippen molar-refractivity contribution >= 4 is 10.0 Å². The first-order chi connectivity index (χ1) is 9.65. The molecule has 120 valence electrons. The molecule has 1 aromatic carbocycles. The zero-order chi connectivity index (χ0) is 16.1. The lowest BCUT2D eigenvalue weighted by atomic mass is 10.1. The SMILES string of the molecule is CCCCS(=O)(=O)NC[C@H](O)c1cccc(C(F)(F)F)c1. The van der Waals surface area contributed by atoms with Gasteiger partial charge in [-0.2, -0.15) is 13.2 Å². The van der Waals surface area contributed by atoms with Gasteiger partial charge in [0.15, 0.2) is 0 Å². The number of aliphatic hydroxyl groups is 1.